The summed E-state index contributed by atoms with van der Waals surface area (Å²) >= 11 is 0. The molecular weight excluding hydrogens is 372 g/mol. The van der Waals surface area contributed by atoms with Gasteiger partial charge in [-0.25, -0.2) is 0 Å². The molecule has 1 saturated heterocycles. The Morgan fingerprint density at radius 3 is 2.50 bits per heavy atom. The number of carbonyl (C=O) groups is 1. The molecule has 3 aromatic rings. The molecule has 2 heterocycles. The number of hydrogen-bond acceptors (Lipinski definition) is 3. The quantitative estimate of drug-likeness (QED) is 0.598. The minimum Gasteiger partial charge on any atom is -0.494 e. The lowest BCUT2D eigenvalue weighted by Gasteiger charge is -2.32. The van der Waals surface area contributed by atoms with Crippen LogP contribution in [-0.4, -0.2) is 36.0 Å². The third-order valence-electron chi connectivity index (χ3n) is 6.57. The van der Waals surface area contributed by atoms with Gasteiger partial charge in [-0.2, -0.15) is 0 Å². The third kappa shape index (κ3) is 3.79. The molecule has 0 bridgehead atoms. The average Bonchev–Trinajstić information content (AvgIpc) is 3.64. The van der Waals surface area contributed by atoms with Crippen LogP contribution >= 0.6 is 0 Å². The smallest absolute Gasteiger partial charge is 0.225 e. The fraction of sp³-hybridized carbons (Fsp3) is 0.385. The van der Waals surface area contributed by atoms with Gasteiger partial charge in [0, 0.05) is 36.2 Å². The second-order valence-electron chi connectivity index (χ2n) is 8.67. The van der Waals surface area contributed by atoms with Crippen LogP contribution in [0, 0.1) is 11.8 Å². The van der Waals surface area contributed by atoms with E-state index < -0.39 is 0 Å². The second kappa shape index (κ2) is 8.10. The third-order valence-corrected chi connectivity index (χ3v) is 6.57. The molecule has 4 heteroatoms. The Bertz CT molecular complexity index is 1050. The van der Waals surface area contributed by atoms with Crippen molar-refractivity contribution in [2.45, 2.75) is 32.1 Å². The van der Waals surface area contributed by atoms with Crippen LogP contribution in [-0.2, 0) is 11.2 Å². The molecule has 2 fully saturated rings. The summed E-state index contributed by atoms with van der Waals surface area (Å²) in [6, 6.07) is 17.1. The largest absolute Gasteiger partial charge is 0.494 e. The van der Waals surface area contributed by atoms with Crippen LogP contribution in [0.25, 0.3) is 22.0 Å². The highest BCUT2D eigenvalue weighted by atomic mass is 16.5. The molecule has 1 amide bonds. The Morgan fingerprint density at radius 1 is 1.03 bits per heavy atom. The van der Waals surface area contributed by atoms with Gasteiger partial charge in [0.15, 0.2) is 5.75 Å². The molecule has 0 radical (unpaired) electrons. The van der Waals surface area contributed by atoms with Crippen molar-refractivity contribution in [3.05, 3.63) is 60.3 Å². The minimum atomic E-state index is 0.344. The van der Waals surface area contributed by atoms with Crippen molar-refractivity contribution in [1.29, 1.82) is 0 Å². The summed E-state index contributed by atoms with van der Waals surface area (Å²) in [7, 11) is 1.71. The Hall–Kier alpha value is -2.88. The first-order chi connectivity index (χ1) is 14.7. The first-order valence-corrected chi connectivity index (χ1v) is 11.0. The summed E-state index contributed by atoms with van der Waals surface area (Å²) in [6.45, 7) is 1.86. The van der Waals surface area contributed by atoms with Crippen LogP contribution in [0.15, 0.2) is 54.7 Å². The van der Waals surface area contributed by atoms with Crippen molar-refractivity contribution in [1.82, 2.24) is 9.88 Å². The predicted molar refractivity (Wildman–Crippen MR) is 119 cm³/mol. The number of benzene rings is 2. The maximum atomic E-state index is 12.2. The van der Waals surface area contributed by atoms with Crippen LogP contribution in [0.5, 0.6) is 5.75 Å². The highest BCUT2D eigenvalue weighted by Crippen LogP contribution is 2.36. The van der Waals surface area contributed by atoms with E-state index in [1.807, 2.05) is 6.07 Å². The maximum absolute atomic E-state index is 12.2. The first-order valence-electron chi connectivity index (χ1n) is 11.0. The van der Waals surface area contributed by atoms with Gasteiger partial charge in [-0.15, -0.1) is 0 Å². The molecule has 30 heavy (non-hydrogen) atoms. The molecule has 0 spiro atoms. The Labute approximate surface area is 177 Å². The molecule has 1 aromatic heterocycles. The number of fused-ring (bicyclic) bond motifs is 1. The molecule has 1 aliphatic heterocycles. The van der Waals surface area contributed by atoms with Crippen molar-refractivity contribution < 1.29 is 9.53 Å². The van der Waals surface area contributed by atoms with Crippen molar-refractivity contribution in [2.24, 2.45) is 11.8 Å². The number of carbonyl (C=O) groups excluding carboxylic acids is 1. The molecule has 4 nitrogen and oxygen atoms in total. The normalized spacial score (nSPS) is 17.3. The van der Waals surface area contributed by atoms with E-state index in [9.17, 15) is 4.79 Å². The molecule has 2 aliphatic rings. The van der Waals surface area contributed by atoms with Gasteiger partial charge in [0.05, 0.1) is 7.11 Å². The zero-order valence-corrected chi connectivity index (χ0v) is 17.5. The zero-order chi connectivity index (χ0) is 20.5. The molecule has 0 unspecified atom stereocenters. The fourth-order valence-corrected chi connectivity index (χ4v) is 4.65. The zero-order valence-electron chi connectivity index (χ0n) is 17.5. The molecule has 1 saturated carbocycles. The van der Waals surface area contributed by atoms with Crippen molar-refractivity contribution in [3.8, 4) is 16.9 Å². The molecule has 154 valence electrons. The monoisotopic (exact) mass is 400 g/mol. The molecule has 1 aliphatic carbocycles. The van der Waals surface area contributed by atoms with Gasteiger partial charge in [-0.3, -0.25) is 9.78 Å². The Kier molecular flexibility index (Phi) is 5.16. The summed E-state index contributed by atoms with van der Waals surface area (Å²) in [4.78, 5) is 18.9. The van der Waals surface area contributed by atoms with Crippen LogP contribution in [0.2, 0.25) is 0 Å². The highest BCUT2D eigenvalue weighted by Gasteiger charge is 2.34. The van der Waals surface area contributed by atoms with Crippen molar-refractivity contribution >= 4 is 16.8 Å². The summed E-state index contributed by atoms with van der Waals surface area (Å²) in [5, 5.41) is 1.08. The minimum absolute atomic E-state index is 0.344. The number of hydrogen-bond donors (Lipinski definition) is 0. The number of amides is 1. The van der Waals surface area contributed by atoms with Crippen LogP contribution in [0.1, 0.15) is 31.2 Å². The summed E-state index contributed by atoms with van der Waals surface area (Å²) in [5.74, 6) is 2.24. The van der Waals surface area contributed by atoms with Crippen molar-refractivity contribution in [2.75, 3.05) is 20.2 Å². The van der Waals surface area contributed by atoms with Gasteiger partial charge in [0.25, 0.3) is 0 Å². The van der Waals surface area contributed by atoms with E-state index in [1.165, 1.54) is 5.56 Å². The standard InChI is InChI=1S/C26H28N2O2/c1-30-25-23(11-10-21-3-2-14-27-24(21)25)20-6-4-18(5-7-20)17-19-12-15-28(16-13-19)26(29)22-8-9-22/h2-7,10-11,14,19,22H,8-9,12-13,15-17H2,1H3. The first kappa shape index (κ1) is 19.1. The summed E-state index contributed by atoms with van der Waals surface area (Å²) in [5.41, 5.74) is 4.48. The lowest BCUT2D eigenvalue weighted by molar-refractivity contribution is -0.133. The van der Waals surface area contributed by atoms with Gasteiger partial charge in [-0.1, -0.05) is 36.4 Å². The number of rotatable bonds is 5. The molecule has 0 N–H and O–H groups in total. The van der Waals surface area contributed by atoms with Crippen LogP contribution in [0.4, 0.5) is 0 Å². The highest BCUT2D eigenvalue weighted by molar-refractivity contribution is 5.92. The molecule has 0 atom stereocenters. The number of likely N-dealkylation sites (tertiary alicyclic amines) is 1. The van der Waals surface area contributed by atoms with Gasteiger partial charge < -0.3 is 9.64 Å². The van der Waals surface area contributed by atoms with Gasteiger partial charge in [0.2, 0.25) is 5.91 Å². The lowest BCUT2D eigenvalue weighted by atomic mass is 9.89. The number of pyridine rings is 1. The van der Waals surface area contributed by atoms with Gasteiger partial charge >= 0.3 is 0 Å². The van der Waals surface area contributed by atoms with E-state index in [0.29, 0.717) is 17.7 Å². The predicted octanol–water partition coefficient (Wildman–Crippen LogP) is 5.10. The summed E-state index contributed by atoms with van der Waals surface area (Å²) in [6.07, 6.45) is 7.32. The topological polar surface area (TPSA) is 42.4 Å². The molecule has 5 rings (SSSR count). The van der Waals surface area contributed by atoms with Crippen LogP contribution in [0.3, 0.4) is 0 Å². The number of ether oxygens (including phenoxy) is 1. The molecular formula is C26H28N2O2. The molecule has 2 aromatic carbocycles. The maximum Gasteiger partial charge on any atom is 0.225 e. The van der Waals surface area contributed by atoms with E-state index in [4.69, 9.17) is 4.74 Å². The SMILES string of the molecule is COc1c(-c2ccc(CC3CCN(C(=O)C4CC4)CC3)cc2)ccc2cccnc12. The van der Waals surface area contributed by atoms with E-state index >= 15 is 0 Å². The van der Waals surface area contributed by atoms with E-state index in [2.05, 4.69) is 52.3 Å². The van der Waals surface area contributed by atoms with E-state index in [-0.39, 0.29) is 0 Å². The average molecular weight is 401 g/mol. The van der Waals surface area contributed by atoms with Gasteiger partial charge in [-0.05, 0) is 61.3 Å². The number of methoxy groups -OCH3 is 1. The van der Waals surface area contributed by atoms with E-state index in [0.717, 1.165) is 73.0 Å². The van der Waals surface area contributed by atoms with Crippen LogP contribution < -0.4 is 4.74 Å². The van der Waals surface area contributed by atoms with Gasteiger partial charge in [0.1, 0.15) is 5.52 Å². The lowest BCUT2D eigenvalue weighted by Crippen LogP contribution is -2.39. The second-order valence-corrected chi connectivity index (χ2v) is 8.67. The summed E-state index contributed by atoms with van der Waals surface area (Å²) < 4.78 is 5.72. The number of nitrogens with zero attached hydrogens (tertiary/aromatic N) is 2. The number of aromatic nitrogens is 1. The Balaban J connectivity index is 1.27. The van der Waals surface area contributed by atoms with E-state index in [1.54, 1.807) is 13.3 Å². The Morgan fingerprint density at radius 2 is 1.80 bits per heavy atom. The fourth-order valence-electron chi connectivity index (χ4n) is 4.65. The number of piperidine rings is 1. The van der Waals surface area contributed by atoms with Crippen molar-refractivity contribution in [3.63, 3.8) is 0 Å².